The highest BCUT2D eigenvalue weighted by atomic mass is 32.2. The molecule has 4 heterocycles. The zero-order chi connectivity index (χ0) is 43.6. The Hall–Kier alpha value is -4.68. The molecule has 2 aliphatic carbocycles. The Morgan fingerprint density at radius 2 is 1.87 bits per heavy atom. The smallest absolute Gasteiger partial charge is 0.411 e. The minimum Gasteiger partial charge on any atom is -0.493 e. The van der Waals surface area contributed by atoms with Crippen molar-refractivity contribution in [2.45, 2.75) is 126 Å². The van der Waals surface area contributed by atoms with Gasteiger partial charge < -0.3 is 24.8 Å². The number of benzene rings is 1. The summed E-state index contributed by atoms with van der Waals surface area (Å²) in [6, 6.07) is 2.01. The molecular formula is C41H51F4N5O9S. The van der Waals surface area contributed by atoms with Crippen LogP contribution in [0.5, 0.6) is 11.6 Å². The van der Waals surface area contributed by atoms with Crippen molar-refractivity contribution in [2.24, 2.45) is 17.8 Å². The molecule has 1 saturated heterocycles. The molecule has 5 aliphatic rings. The van der Waals surface area contributed by atoms with Gasteiger partial charge in [0, 0.05) is 29.3 Å². The van der Waals surface area contributed by atoms with E-state index in [0.29, 0.717) is 49.8 Å². The first kappa shape index (κ1) is 43.4. The number of fused-ring (bicyclic) bond motifs is 5. The number of allylic oxidation sites excluding steroid dienone is 1. The molecular weight excluding hydrogens is 815 g/mol. The molecule has 3 fully saturated rings. The van der Waals surface area contributed by atoms with Crippen LogP contribution in [0, 0.1) is 17.8 Å². The summed E-state index contributed by atoms with van der Waals surface area (Å²) in [6.45, 7) is 3.61. The van der Waals surface area contributed by atoms with E-state index in [1.54, 1.807) is 18.2 Å². The number of sulfonamides is 1. The largest absolute Gasteiger partial charge is 0.493 e. The normalized spacial score (nSPS) is 30.0. The number of nitrogens with one attached hydrogen (secondary N) is 2. The summed E-state index contributed by atoms with van der Waals surface area (Å²) >= 11 is 0. The van der Waals surface area contributed by atoms with Gasteiger partial charge in [0.25, 0.3) is 5.91 Å². The number of hydrogen-bond donors (Lipinski definition) is 3. The maximum atomic E-state index is 15.0. The quantitative estimate of drug-likeness (QED) is 0.228. The molecule has 7 rings (SSSR count). The molecule has 1 aromatic heterocycles. The van der Waals surface area contributed by atoms with Crippen LogP contribution in [-0.2, 0) is 30.8 Å². The fourth-order valence-corrected chi connectivity index (χ4v) is 10.5. The molecule has 0 unspecified atom stereocenters. The lowest BCUT2D eigenvalue weighted by Crippen LogP contribution is -2.66. The molecule has 19 heteroatoms. The number of alkyl halides is 4. The third-order valence-corrected chi connectivity index (χ3v) is 15.2. The molecule has 7 atom stereocenters. The number of rotatable bonds is 8. The Bertz CT molecular complexity index is 2200. The lowest BCUT2D eigenvalue weighted by Gasteiger charge is -2.45. The maximum Gasteiger partial charge on any atom is 0.411 e. The highest BCUT2D eigenvalue weighted by Crippen LogP contribution is 2.48. The van der Waals surface area contributed by atoms with Crippen molar-refractivity contribution in [1.29, 1.82) is 0 Å². The molecule has 328 valence electrons. The second kappa shape index (κ2) is 15.7. The molecule has 0 radical (unpaired) electrons. The fourth-order valence-electron chi connectivity index (χ4n) is 9.04. The van der Waals surface area contributed by atoms with Crippen molar-refractivity contribution in [3.8, 4) is 11.6 Å². The van der Waals surface area contributed by atoms with Crippen LogP contribution >= 0.6 is 0 Å². The summed E-state index contributed by atoms with van der Waals surface area (Å²) in [5.41, 5.74) is -3.90. The van der Waals surface area contributed by atoms with Gasteiger partial charge in [0.05, 0.1) is 13.2 Å². The van der Waals surface area contributed by atoms with Crippen LogP contribution in [0.4, 0.5) is 22.4 Å². The van der Waals surface area contributed by atoms with Gasteiger partial charge in [-0.3, -0.25) is 24.0 Å². The lowest BCUT2D eigenvalue weighted by molar-refractivity contribution is -0.222. The monoisotopic (exact) mass is 865 g/mol. The van der Waals surface area contributed by atoms with Crippen molar-refractivity contribution in [1.82, 2.24) is 24.8 Å². The summed E-state index contributed by atoms with van der Waals surface area (Å²) in [5, 5.41) is 14.4. The van der Waals surface area contributed by atoms with Crippen LogP contribution in [0.25, 0.3) is 10.8 Å². The Labute approximate surface area is 345 Å². The van der Waals surface area contributed by atoms with Gasteiger partial charge >= 0.3 is 12.3 Å². The lowest BCUT2D eigenvalue weighted by atomic mass is 9.85. The molecule has 0 bridgehead atoms. The number of ether oxygens (including phenoxy) is 2. The Morgan fingerprint density at radius 3 is 2.53 bits per heavy atom. The minimum atomic E-state index is -5.11. The maximum absolute atomic E-state index is 15.0. The molecule has 4 amide bonds. The van der Waals surface area contributed by atoms with Crippen molar-refractivity contribution in [3.63, 3.8) is 0 Å². The van der Waals surface area contributed by atoms with Crippen molar-refractivity contribution >= 4 is 44.6 Å². The Kier molecular flexibility index (Phi) is 11.3. The van der Waals surface area contributed by atoms with Crippen LogP contribution in [0.2, 0.25) is 0 Å². The Morgan fingerprint density at radius 1 is 1.13 bits per heavy atom. The van der Waals surface area contributed by atoms with Gasteiger partial charge in [0.1, 0.15) is 46.4 Å². The number of pyridine rings is 1. The van der Waals surface area contributed by atoms with E-state index in [1.807, 2.05) is 23.8 Å². The van der Waals surface area contributed by atoms with Crippen molar-refractivity contribution in [3.05, 3.63) is 42.1 Å². The summed E-state index contributed by atoms with van der Waals surface area (Å²) < 4.78 is 97.1. The summed E-state index contributed by atoms with van der Waals surface area (Å²) in [5.74, 6) is -4.19. The predicted molar refractivity (Wildman–Crippen MR) is 209 cm³/mol. The first-order chi connectivity index (χ1) is 28.2. The van der Waals surface area contributed by atoms with Gasteiger partial charge in [-0.15, -0.1) is 0 Å². The molecule has 2 saturated carbocycles. The number of halogens is 4. The van der Waals surface area contributed by atoms with E-state index in [1.165, 1.54) is 13.1 Å². The summed E-state index contributed by atoms with van der Waals surface area (Å²) in [6.07, 6.45) is -0.772. The minimum absolute atomic E-state index is 0.00662. The van der Waals surface area contributed by atoms with E-state index in [-0.39, 0.29) is 55.3 Å². The first-order valence-electron chi connectivity index (χ1n) is 20.4. The number of carboxylic acid groups (broad SMARTS) is 1. The van der Waals surface area contributed by atoms with Crippen molar-refractivity contribution < 1.29 is 59.7 Å². The first-order valence-corrected chi connectivity index (χ1v) is 21.9. The second-order valence-corrected chi connectivity index (χ2v) is 19.8. The molecule has 0 spiro atoms. The highest BCUT2D eigenvalue weighted by Gasteiger charge is 2.64. The number of nitrogens with zero attached hydrogens (tertiary/aromatic N) is 3. The number of hydrogen-bond acceptors (Lipinski definition) is 9. The molecule has 3 N–H and O–H groups in total. The zero-order valence-corrected chi connectivity index (χ0v) is 34.7. The standard InChI is InChI=1S/C41H51F4N5O9S/c1-23-8-5-6-10-26-20-40(26,36(53)48-60(56,57)39(22-42)14-15-39)47-33(51)30-19-27(59-34-29-12-11-25-9-7-17-58-32(25)28(29)13-16-46-34)21-49(30)35(52)31(24(2)18-23)50(37(54)55)38(3,4)41(43,44)45/h6,10-13,16,23-24,26-27,30-31H,5,7-9,14-15,17-22H2,1-4H3,(H,47,51)(H,48,53)(H,54,55)/b10-6-/t23-,24+,26+,27+,30-,31-,40+/m0/s1. The van der Waals surface area contributed by atoms with Gasteiger partial charge in [-0.25, -0.2) is 22.6 Å². The van der Waals surface area contributed by atoms with E-state index in [2.05, 4.69) is 10.3 Å². The van der Waals surface area contributed by atoms with E-state index >= 15 is 4.79 Å². The van der Waals surface area contributed by atoms with Gasteiger partial charge in [-0.05, 0) is 94.7 Å². The molecule has 1 aromatic carbocycles. The number of aryl methyl sites for hydroxylation is 1. The molecule has 60 heavy (non-hydrogen) atoms. The number of carbonyl (C=O) groups is 4. The van der Waals surface area contributed by atoms with E-state index in [9.17, 15) is 45.5 Å². The van der Waals surface area contributed by atoms with Gasteiger partial charge in [-0.2, -0.15) is 13.2 Å². The van der Waals surface area contributed by atoms with Gasteiger partial charge in [0.15, 0.2) is 0 Å². The number of carbonyl (C=O) groups excluding carboxylic acids is 3. The summed E-state index contributed by atoms with van der Waals surface area (Å²) in [4.78, 5) is 62.1. The zero-order valence-electron chi connectivity index (χ0n) is 33.9. The van der Waals surface area contributed by atoms with E-state index in [0.717, 1.165) is 23.3 Å². The third-order valence-electron chi connectivity index (χ3n) is 13.1. The molecule has 2 aromatic rings. The SMILES string of the molecule is C[C@H]1CC/C=C\[C@@H]2C[C@@]2(C(=O)NS(=O)(=O)C2(CF)CC2)NC(=O)[C@@H]2C[C@@H](Oc3nccc4c5c(ccc34)CCCO5)CN2C(=O)[C@@H](N(C(=O)O)C(C)(C)C(F)(F)F)[C@H](C)C1. The van der Waals surface area contributed by atoms with E-state index in [4.69, 9.17) is 9.47 Å². The van der Waals surface area contributed by atoms with Gasteiger partial charge in [0.2, 0.25) is 27.7 Å². The number of aromatic nitrogens is 1. The predicted octanol–water partition coefficient (Wildman–Crippen LogP) is 5.43. The summed E-state index contributed by atoms with van der Waals surface area (Å²) in [7, 11) is -4.50. The Balaban J connectivity index is 1.29. The van der Waals surface area contributed by atoms with Gasteiger partial charge in [-0.1, -0.05) is 32.1 Å². The highest BCUT2D eigenvalue weighted by molar-refractivity contribution is 7.91. The van der Waals surface area contributed by atoms with Crippen LogP contribution in [0.1, 0.15) is 84.6 Å². The molecule has 3 aliphatic heterocycles. The van der Waals surface area contributed by atoms with Crippen molar-refractivity contribution in [2.75, 3.05) is 19.8 Å². The van der Waals surface area contributed by atoms with Crippen LogP contribution in [0.3, 0.4) is 0 Å². The fraction of sp³-hybridized carbons (Fsp3) is 0.634. The number of amides is 4. The average molecular weight is 866 g/mol. The van der Waals surface area contributed by atoms with Crippen LogP contribution in [0.15, 0.2) is 36.5 Å². The second-order valence-electron chi connectivity index (χ2n) is 17.7. The van der Waals surface area contributed by atoms with Crippen LogP contribution in [-0.4, -0.2) is 112 Å². The topological polar surface area (TPSA) is 185 Å². The average Bonchev–Trinajstić information content (AvgIpc) is 4.09. The molecule has 14 nitrogen and oxygen atoms in total. The van der Waals surface area contributed by atoms with Crippen LogP contribution < -0.4 is 19.5 Å². The third kappa shape index (κ3) is 7.74. The van der Waals surface area contributed by atoms with E-state index < -0.39 is 92.5 Å².